The Morgan fingerprint density at radius 3 is 2.31 bits per heavy atom. The number of nitrogens with zero attached hydrogens (tertiary/aromatic N) is 2. The topological polar surface area (TPSA) is 70.4 Å². The predicted octanol–water partition coefficient (Wildman–Crippen LogP) is 3.50. The molecule has 0 aliphatic heterocycles. The first-order valence-electron chi connectivity index (χ1n) is 8.15. The first-order chi connectivity index (χ1) is 12.6. The van der Waals surface area contributed by atoms with E-state index >= 15 is 0 Å². The highest BCUT2D eigenvalue weighted by molar-refractivity contribution is 5.90. The van der Waals surface area contributed by atoms with Crippen molar-refractivity contribution in [2.24, 2.45) is 0 Å². The number of hydrogen-bond acceptors (Lipinski definition) is 5. The van der Waals surface area contributed by atoms with Crippen LogP contribution in [0.2, 0.25) is 0 Å². The van der Waals surface area contributed by atoms with E-state index in [0.717, 1.165) is 11.3 Å². The van der Waals surface area contributed by atoms with Gasteiger partial charge in [-0.3, -0.25) is 0 Å². The Bertz CT molecular complexity index is 915. The lowest BCUT2D eigenvalue weighted by Gasteiger charge is -2.08. The Labute approximate surface area is 151 Å². The van der Waals surface area contributed by atoms with E-state index in [4.69, 9.17) is 9.47 Å². The average Bonchev–Trinajstić information content (AvgIpc) is 3.14. The van der Waals surface area contributed by atoms with Crippen molar-refractivity contribution in [1.82, 2.24) is 9.78 Å². The van der Waals surface area contributed by atoms with Gasteiger partial charge in [0.1, 0.15) is 0 Å². The van der Waals surface area contributed by atoms with Crippen LogP contribution in [-0.2, 0) is 9.47 Å². The number of aromatic nitrogens is 2. The van der Waals surface area contributed by atoms with Crippen molar-refractivity contribution in [2.45, 2.75) is 6.92 Å². The lowest BCUT2D eigenvalue weighted by molar-refractivity contribution is 0.0518. The number of hydrogen-bond donors (Lipinski definition) is 0. The van der Waals surface area contributed by atoms with Gasteiger partial charge in [-0.05, 0) is 37.3 Å². The Morgan fingerprint density at radius 1 is 1.00 bits per heavy atom. The molecule has 0 amide bonds. The van der Waals surface area contributed by atoms with E-state index in [1.807, 2.05) is 30.3 Å². The zero-order chi connectivity index (χ0) is 18.5. The van der Waals surface area contributed by atoms with Crippen LogP contribution in [0.3, 0.4) is 0 Å². The lowest BCUT2D eigenvalue weighted by atomic mass is 10.1. The standard InChI is InChI=1S/C20H18N2O4/c1-3-26-20(24)17-13-18(14-7-5-4-6-8-14)22(21-17)16-11-9-15(10-12-16)19(23)25-2/h4-13H,3H2,1-2H3. The van der Waals surface area contributed by atoms with Crippen LogP contribution in [0.15, 0.2) is 60.7 Å². The van der Waals surface area contributed by atoms with E-state index in [1.54, 1.807) is 41.9 Å². The first-order valence-corrected chi connectivity index (χ1v) is 8.15. The summed E-state index contributed by atoms with van der Waals surface area (Å²) in [4.78, 5) is 23.7. The highest BCUT2D eigenvalue weighted by atomic mass is 16.5. The summed E-state index contributed by atoms with van der Waals surface area (Å²) in [5.74, 6) is -0.887. The summed E-state index contributed by atoms with van der Waals surface area (Å²) >= 11 is 0. The van der Waals surface area contributed by atoms with Crippen LogP contribution in [0.1, 0.15) is 27.8 Å². The summed E-state index contributed by atoms with van der Waals surface area (Å²) in [5, 5.41) is 4.40. The van der Waals surface area contributed by atoms with E-state index < -0.39 is 11.9 Å². The Morgan fingerprint density at radius 2 is 1.69 bits per heavy atom. The summed E-state index contributed by atoms with van der Waals surface area (Å²) in [6, 6.07) is 18.1. The molecule has 0 fully saturated rings. The van der Waals surface area contributed by atoms with Gasteiger partial charge in [0, 0.05) is 5.56 Å². The minimum absolute atomic E-state index is 0.225. The van der Waals surface area contributed by atoms with E-state index in [1.165, 1.54) is 7.11 Å². The summed E-state index contributed by atoms with van der Waals surface area (Å²) < 4.78 is 11.4. The van der Waals surface area contributed by atoms with Gasteiger partial charge in [0.2, 0.25) is 0 Å². The van der Waals surface area contributed by atoms with Gasteiger partial charge in [0.25, 0.3) is 0 Å². The van der Waals surface area contributed by atoms with Crippen molar-refractivity contribution in [3.8, 4) is 16.9 Å². The molecule has 0 saturated carbocycles. The number of methoxy groups -OCH3 is 1. The van der Waals surface area contributed by atoms with Gasteiger partial charge in [-0.15, -0.1) is 0 Å². The van der Waals surface area contributed by atoms with Crippen LogP contribution in [0.5, 0.6) is 0 Å². The molecular weight excluding hydrogens is 332 g/mol. The maximum Gasteiger partial charge on any atom is 0.358 e. The number of benzene rings is 2. The van der Waals surface area contributed by atoms with Crippen LogP contribution in [0.4, 0.5) is 0 Å². The number of esters is 2. The third kappa shape index (κ3) is 3.49. The molecule has 0 N–H and O–H groups in total. The Hall–Kier alpha value is -3.41. The minimum Gasteiger partial charge on any atom is -0.465 e. The van der Waals surface area contributed by atoms with E-state index in [9.17, 15) is 9.59 Å². The molecule has 3 aromatic rings. The monoisotopic (exact) mass is 350 g/mol. The largest absolute Gasteiger partial charge is 0.465 e. The van der Waals surface area contributed by atoms with Crippen LogP contribution in [0.25, 0.3) is 16.9 Å². The molecule has 6 nitrogen and oxygen atoms in total. The Balaban J connectivity index is 2.07. The van der Waals surface area contributed by atoms with Crippen molar-refractivity contribution < 1.29 is 19.1 Å². The highest BCUT2D eigenvalue weighted by Crippen LogP contribution is 2.24. The molecule has 0 unspecified atom stereocenters. The van der Waals surface area contributed by atoms with E-state index in [-0.39, 0.29) is 12.3 Å². The molecule has 0 atom stereocenters. The molecule has 0 aliphatic carbocycles. The quantitative estimate of drug-likeness (QED) is 0.659. The first kappa shape index (κ1) is 17.4. The van der Waals surface area contributed by atoms with Crippen molar-refractivity contribution in [3.63, 3.8) is 0 Å². The molecule has 3 rings (SSSR count). The molecule has 1 aromatic heterocycles. The number of rotatable bonds is 5. The maximum atomic E-state index is 12.1. The van der Waals surface area contributed by atoms with Crippen molar-refractivity contribution in [2.75, 3.05) is 13.7 Å². The molecule has 6 heteroatoms. The third-order valence-electron chi connectivity index (χ3n) is 3.80. The molecule has 0 spiro atoms. The smallest absolute Gasteiger partial charge is 0.358 e. The molecule has 1 heterocycles. The fraction of sp³-hybridized carbons (Fsp3) is 0.150. The van der Waals surface area contributed by atoms with Crippen LogP contribution >= 0.6 is 0 Å². The average molecular weight is 350 g/mol. The molecule has 0 bridgehead atoms. The molecule has 0 radical (unpaired) electrons. The second kappa shape index (κ2) is 7.65. The van der Waals surface area contributed by atoms with Gasteiger partial charge >= 0.3 is 11.9 Å². The minimum atomic E-state index is -0.477. The predicted molar refractivity (Wildman–Crippen MR) is 96.3 cm³/mol. The maximum absolute atomic E-state index is 12.1. The lowest BCUT2D eigenvalue weighted by Crippen LogP contribution is -2.07. The fourth-order valence-corrected chi connectivity index (χ4v) is 2.55. The van der Waals surface area contributed by atoms with Gasteiger partial charge in [-0.2, -0.15) is 5.10 Å². The normalized spacial score (nSPS) is 10.4. The van der Waals surface area contributed by atoms with Gasteiger partial charge in [0.15, 0.2) is 5.69 Å². The van der Waals surface area contributed by atoms with Crippen molar-refractivity contribution in [1.29, 1.82) is 0 Å². The van der Waals surface area contributed by atoms with Crippen molar-refractivity contribution >= 4 is 11.9 Å². The summed E-state index contributed by atoms with van der Waals surface area (Å²) in [5.41, 5.74) is 3.04. The van der Waals surface area contributed by atoms with Gasteiger partial charge < -0.3 is 9.47 Å². The molecule has 2 aromatic carbocycles. The second-order valence-electron chi connectivity index (χ2n) is 5.45. The number of carbonyl (C=O) groups excluding carboxylic acids is 2. The second-order valence-corrected chi connectivity index (χ2v) is 5.45. The van der Waals surface area contributed by atoms with Crippen LogP contribution in [-0.4, -0.2) is 35.4 Å². The van der Waals surface area contributed by atoms with Crippen LogP contribution < -0.4 is 0 Å². The number of carbonyl (C=O) groups is 2. The molecular formula is C20H18N2O4. The zero-order valence-corrected chi connectivity index (χ0v) is 14.5. The van der Waals surface area contributed by atoms with E-state index in [0.29, 0.717) is 11.3 Å². The summed E-state index contributed by atoms with van der Waals surface area (Å²) in [6.45, 7) is 2.03. The fourth-order valence-electron chi connectivity index (χ4n) is 2.55. The van der Waals surface area contributed by atoms with E-state index in [2.05, 4.69) is 5.10 Å². The van der Waals surface area contributed by atoms with Gasteiger partial charge in [-0.1, -0.05) is 30.3 Å². The summed E-state index contributed by atoms with van der Waals surface area (Å²) in [6.07, 6.45) is 0. The molecule has 0 aliphatic rings. The van der Waals surface area contributed by atoms with Crippen molar-refractivity contribution in [3.05, 3.63) is 71.9 Å². The zero-order valence-electron chi connectivity index (χ0n) is 14.5. The molecule has 0 saturated heterocycles. The molecule has 26 heavy (non-hydrogen) atoms. The SMILES string of the molecule is CCOC(=O)c1cc(-c2ccccc2)n(-c2ccc(C(=O)OC)cc2)n1. The van der Waals surface area contributed by atoms with Crippen LogP contribution in [0, 0.1) is 0 Å². The van der Waals surface area contributed by atoms with Gasteiger partial charge in [-0.25, -0.2) is 14.3 Å². The Kier molecular flexibility index (Phi) is 5.12. The van der Waals surface area contributed by atoms with Gasteiger partial charge in [0.05, 0.1) is 30.7 Å². The summed E-state index contributed by atoms with van der Waals surface area (Å²) in [7, 11) is 1.34. The molecule has 132 valence electrons. The third-order valence-corrected chi connectivity index (χ3v) is 3.80. The highest BCUT2D eigenvalue weighted by Gasteiger charge is 2.17. The number of ether oxygens (including phenoxy) is 2.